The summed E-state index contributed by atoms with van der Waals surface area (Å²) in [6.07, 6.45) is 12.7. The van der Waals surface area contributed by atoms with Gasteiger partial charge in [-0.25, -0.2) is 0 Å². The van der Waals surface area contributed by atoms with Gasteiger partial charge in [-0.1, -0.05) is 65.7 Å². The molecule has 19 heavy (non-hydrogen) atoms. The van der Waals surface area contributed by atoms with Crippen LogP contribution < -0.4 is 5.32 Å². The smallest absolute Gasteiger partial charge is 0.00697 e. The minimum Gasteiger partial charge on any atom is -0.314 e. The maximum atomic E-state index is 3.82. The first-order valence-corrected chi connectivity index (χ1v) is 8.94. The normalized spacial score (nSPS) is 29.4. The monoisotopic (exact) mass is 267 g/mol. The molecular formula is C18H37N. The molecule has 1 saturated carbocycles. The Morgan fingerprint density at radius 3 is 2.53 bits per heavy atom. The fraction of sp³-hybridized carbons (Fsp3) is 1.00. The van der Waals surface area contributed by atoms with E-state index in [2.05, 4.69) is 33.0 Å². The van der Waals surface area contributed by atoms with Crippen LogP contribution in [0.15, 0.2) is 0 Å². The summed E-state index contributed by atoms with van der Waals surface area (Å²) in [5, 5.41) is 3.82. The molecule has 0 aromatic rings. The van der Waals surface area contributed by atoms with Gasteiger partial charge >= 0.3 is 0 Å². The Bertz CT molecular complexity index is 214. The molecule has 1 fully saturated rings. The van der Waals surface area contributed by atoms with E-state index in [1.165, 1.54) is 64.3 Å². The van der Waals surface area contributed by atoms with Crippen LogP contribution in [-0.2, 0) is 0 Å². The van der Waals surface area contributed by atoms with Gasteiger partial charge < -0.3 is 5.32 Å². The summed E-state index contributed by atoms with van der Waals surface area (Å²) in [4.78, 5) is 0. The maximum Gasteiger partial charge on any atom is 0.00697 e. The minimum absolute atomic E-state index is 0.723. The number of nitrogens with one attached hydrogen (secondary N) is 1. The van der Waals surface area contributed by atoms with Crippen molar-refractivity contribution < 1.29 is 0 Å². The van der Waals surface area contributed by atoms with E-state index >= 15 is 0 Å². The van der Waals surface area contributed by atoms with E-state index in [1.54, 1.807) is 0 Å². The van der Waals surface area contributed by atoms with Crippen LogP contribution >= 0.6 is 0 Å². The first-order valence-electron chi connectivity index (χ1n) is 8.94. The van der Waals surface area contributed by atoms with E-state index < -0.39 is 0 Å². The second-order valence-corrected chi connectivity index (χ2v) is 6.83. The molecule has 0 spiro atoms. The largest absolute Gasteiger partial charge is 0.314 e. The van der Waals surface area contributed by atoms with Crippen molar-refractivity contribution in [3.05, 3.63) is 0 Å². The van der Waals surface area contributed by atoms with Gasteiger partial charge in [0.05, 0.1) is 0 Å². The molecule has 0 aromatic carbocycles. The third-order valence-corrected chi connectivity index (χ3v) is 5.24. The van der Waals surface area contributed by atoms with Gasteiger partial charge in [0.15, 0.2) is 0 Å². The molecule has 0 radical (unpaired) electrons. The lowest BCUT2D eigenvalue weighted by molar-refractivity contribution is 0.122. The molecule has 4 atom stereocenters. The quantitative estimate of drug-likeness (QED) is 0.552. The van der Waals surface area contributed by atoms with Crippen molar-refractivity contribution in [1.82, 2.24) is 5.32 Å². The maximum absolute atomic E-state index is 3.82. The fourth-order valence-corrected chi connectivity index (χ4v) is 4.01. The highest BCUT2D eigenvalue weighted by Crippen LogP contribution is 2.39. The zero-order valence-electron chi connectivity index (χ0n) is 13.9. The second-order valence-electron chi connectivity index (χ2n) is 6.83. The number of rotatable bonds is 9. The molecule has 0 bridgehead atoms. The topological polar surface area (TPSA) is 12.0 Å². The number of hydrogen-bond acceptors (Lipinski definition) is 1. The average molecular weight is 268 g/mol. The zero-order chi connectivity index (χ0) is 14.1. The van der Waals surface area contributed by atoms with Gasteiger partial charge in [0.25, 0.3) is 0 Å². The van der Waals surface area contributed by atoms with Gasteiger partial charge in [-0.15, -0.1) is 0 Å². The van der Waals surface area contributed by atoms with Gasteiger partial charge in [-0.05, 0) is 44.1 Å². The molecule has 1 aliphatic carbocycles. The summed E-state index contributed by atoms with van der Waals surface area (Å²) in [6, 6.07) is 0.723. The molecule has 114 valence electrons. The van der Waals surface area contributed by atoms with Gasteiger partial charge in [-0.3, -0.25) is 0 Å². The van der Waals surface area contributed by atoms with Gasteiger partial charge in [0.2, 0.25) is 0 Å². The number of hydrogen-bond donors (Lipinski definition) is 1. The molecule has 0 saturated heterocycles. The Morgan fingerprint density at radius 2 is 1.84 bits per heavy atom. The van der Waals surface area contributed by atoms with Crippen molar-refractivity contribution in [3.8, 4) is 0 Å². The highest BCUT2D eigenvalue weighted by atomic mass is 14.9. The Labute approximate surface area is 121 Å². The third-order valence-electron chi connectivity index (χ3n) is 5.24. The molecule has 1 heteroatoms. The Hall–Kier alpha value is -0.0400. The van der Waals surface area contributed by atoms with Crippen molar-refractivity contribution in [2.45, 2.75) is 91.5 Å². The van der Waals surface area contributed by atoms with Crippen LogP contribution in [0.1, 0.15) is 85.5 Å². The lowest BCUT2D eigenvalue weighted by Gasteiger charge is -2.40. The van der Waals surface area contributed by atoms with Crippen molar-refractivity contribution >= 4 is 0 Å². The molecule has 1 rings (SSSR count). The summed E-state index contributed by atoms with van der Waals surface area (Å²) in [6.45, 7) is 10.8. The first kappa shape index (κ1) is 17.0. The fourth-order valence-electron chi connectivity index (χ4n) is 4.01. The van der Waals surface area contributed by atoms with E-state index in [0.717, 1.165) is 23.8 Å². The molecule has 0 aliphatic heterocycles. The molecule has 0 aromatic heterocycles. The molecule has 0 heterocycles. The van der Waals surface area contributed by atoms with Crippen molar-refractivity contribution in [2.24, 2.45) is 17.8 Å². The SMILES string of the molecule is CCCCCCNC(C)C1CCCC(C)C1CCC. The van der Waals surface area contributed by atoms with Gasteiger partial charge in [0, 0.05) is 6.04 Å². The highest BCUT2D eigenvalue weighted by Gasteiger charge is 2.32. The second kappa shape index (κ2) is 9.80. The Balaban J connectivity index is 2.33. The van der Waals surface area contributed by atoms with Crippen LogP contribution in [0, 0.1) is 17.8 Å². The summed E-state index contributed by atoms with van der Waals surface area (Å²) in [7, 11) is 0. The summed E-state index contributed by atoms with van der Waals surface area (Å²) in [5.41, 5.74) is 0. The molecule has 0 amide bonds. The van der Waals surface area contributed by atoms with E-state index in [1.807, 2.05) is 0 Å². The van der Waals surface area contributed by atoms with E-state index in [9.17, 15) is 0 Å². The lowest BCUT2D eigenvalue weighted by atomic mass is 9.68. The molecule has 1 N–H and O–H groups in total. The van der Waals surface area contributed by atoms with Crippen LogP contribution in [0.25, 0.3) is 0 Å². The average Bonchev–Trinajstić information content (AvgIpc) is 2.41. The van der Waals surface area contributed by atoms with E-state index in [-0.39, 0.29) is 0 Å². The van der Waals surface area contributed by atoms with Crippen LogP contribution in [0.5, 0.6) is 0 Å². The highest BCUT2D eigenvalue weighted by molar-refractivity contribution is 4.85. The summed E-state index contributed by atoms with van der Waals surface area (Å²) in [5.74, 6) is 2.84. The Morgan fingerprint density at radius 1 is 1.05 bits per heavy atom. The van der Waals surface area contributed by atoms with Gasteiger partial charge in [-0.2, -0.15) is 0 Å². The van der Waals surface area contributed by atoms with Gasteiger partial charge in [0.1, 0.15) is 0 Å². The van der Waals surface area contributed by atoms with Crippen molar-refractivity contribution in [2.75, 3.05) is 6.54 Å². The molecule has 1 nitrogen and oxygen atoms in total. The minimum atomic E-state index is 0.723. The molecular weight excluding hydrogens is 230 g/mol. The third kappa shape index (κ3) is 5.85. The first-order chi connectivity index (χ1) is 9.20. The predicted octanol–water partition coefficient (Wildman–Crippen LogP) is 5.40. The van der Waals surface area contributed by atoms with Crippen molar-refractivity contribution in [1.29, 1.82) is 0 Å². The van der Waals surface area contributed by atoms with Crippen LogP contribution in [0.4, 0.5) is 0 Å². The molecule has 1 aliphatic rings. The van der Waals surface area contributed by atoms with E-state index in [0.29, 0.717) is 0 Å². The standard InChI is InChI=1S/C18H37N/c1-5-7-8-9-14-19-16(4)18-13-10-12-15(3)17(18)11-6-2/h15-19H,5-14H2,1-4H3. The Kier molecular flexibility index (Phi) is 8.77. The lowest BCUT2D eigenvalue weighted by Crippen LogP contribution is -2.41. The summed E-state index contributed by atoms with van der Waals surface area (Å²) < 4.78 is 0. The van der Waals surface area contributed by atoms with Crippen LogP contribution in [0.2, 0.25) is 0 Å². The summed E-state index contributed by atoms with van der Waals surface area (Å²) >= 11 is 0. The predicted molar refractivity (Wildman–Crippen MR) is 86.5 cm³/mol. The van der Waals surface area contributed by atoms with Crippen LogP contribution in [0.3, 0.4) is 0 Å². The molecule has 4 unspecified atom stereocenters. The zero-order valence-corrected chi connectivity index (χ0v) is 13.9. The number of unbranched alkanes of at least 4 members (excludes halogenated alkanes) is 3. The van der Waals surface area contributed by atoms with E-state index in [4.69, 9.17) is 0 Å². The van der Waals surface area contributed by atoms with Crippen LogP contribution in [-0.4, -0.2) is 12.6 Å². The van der Waals surface area contributed by atoms with Crippen molar-refractivity contribution in [3.63, 3.8) is 0 Å².